The molecule has 5 heteroatoms. The van der Waals surface area contributed by atoms with Crippen molar-refractivity contribution in [1.29, 1.82) is 0 Å². The zero-order chi connectivity index (χ0) is 9.14. The number of nitrogens with zero attached hydrogens (tertiary/aromatic N) is 1. The molecule has 1 aliphatic heterocycles. The zero-order valence-electron chi connectivity index (χ0n) is 6.86. The Labute approximate surface area is 72.7 Å². The minimum absolute atomic E-state index is 0.178. The van der Waals surface area contributed by atoms with E-state index in [0.29, 0.717) is 6.54 Å². The van der Waals surface area contributed by atoms with Crippen LogP contribution in [0.3, 0.4) is 0 Å². The summed E-state index contributed by atoms with van der Waals surface area (Å²) in [6, 6.07) is 0.178. The van der Waals surface area contributed by atoms with Gasteiger partial charge in [0.05, 0.1) is 0 Å². The summed E-state index contributed by atoms with van der Waals surface area (Å²) < 4.78 is 20.3. The van der Waals surface area contributed by atoms with Crippen molar-refractivity contribution in [2.45, 2.75) is 25.8 Å². The highest BCUT2D eigenvalue weighted by Crippen LogP contribution is 2.15. The molecule has 1 unspecified atom stereocenters. The highest BCUT2D eigenvalue weighted by atomic mass is 32.2. The van der Waals surface area contributed by atoms with Crippen molar-refractivity contribution in [1.82, 2.24) is 4.90 Å². The number of carbonyl (C=O) groups excluding carboxylic acids is 1. The molecule has 0 spiro atoms. The van der Waals surface area contributed by atoms with Crippen LogP contribution in [0.5, 0.6) is 0 Å². The van der Waals surface area contributed by atoms with E-state index in [1.54, 1.807) is 4.90 Å². The van der Waals surface area contributed by atoms with E-state index in [4.69, 9.17) is 0 Å². The monoisotopic (exact) mass is 189 g/mol. The standard InChI is InChI=1S/C7H11NO3S/c1-6-3-2-4-8(6)7(9)5-12(10)11/h5-6H,2-4H2,1H3. The van der Waals surface area contributed by atoms with Crippen LogP contribution in [0.15, 0.2) is 0 Å². The number of amides is 1. The summed E-state index contributed by atoms with van der Waals surface area (Å²) in [6.45, 7) is 2.60. The van der Waals surface area contributed by atoms with Gasteiger partial charge in [0.2, 0.25) is 10.3 Å². The average Bonchev–Trinajstić information content (AvgIpc) is 2.33. The smallest absolute Gasteiger partial charge is 0.262 e. The van der Waals surface area contributed by atoms with Crippen molar-refractivity contribution >= 4 is 21.6 Å². The molecule has 1 amide bonds. The van der Waals surface area contributed by atoms with Crippen molar-refractivity contribution in [2.24, 2.45) is 0 Å². The normalized spacial score (nSPS) is 22.4. The minimum atomic E-state index is -2.37. The lowest BCUT2D eigenvalue weighted by Crippen LogP contribution is -2.34. The first-order valence-corrected chi connectivity index (χ1v) is 4.98. The Balaban J connectivity index is 2.70. The van der Waals surface area contributed by atoms with Gasteiger partial charge in [-0.15, -0.1) is 0 Å². The van der Waals surface area contributed by atoms with E-state index >= 15 is 0 Å². The van der Waals surface area contributed by atoms with E-state index in [2.05, 4.69) is 0 Å². The number of hydrogen-bond acceptors (Lipinski definition) is 3. The third-order valence-electron chi connectivity index (χ3n) is 2.03. The van der Waals surface area contributed by atoms with Crippen LogP contribution < -0.4 is 0 Å². The first-order chi connectivity index (χ1) is 5.61. The van der Waals surface area contributed by atoms with Gasteiger partial charge in [0.1, 0.15) is 5.37 Å². The summed E-state index contributed by atoms with van der Waals surface area (Å²) in [5.74, 6) is -0.395. The van der Waals surface area contributed by atoms with Gasteiger partial charge in [0.15, 0.2) is 0 Å². The summed E-state index contributed by atoms with van der Waals surface area (Å²) in [5, 5.41) is 0.724. The molecule has 0 bridgehead atoms. The van der Waals surface area contributed by atoms with E-state index in [1.807, 2.05) is 6.92 Å². The number of rotatable bonds is 1. The quantitative estimate of drug-likeness (QED) is 0.531. The Morgan fingerprint density at radius 3 is 2.67 bits per heavy atom. The van der Waals surface area contributed by atoms with Crippen LogP contribution >= 0.6 is 0 Å². The fraction of sp³-hybridized carbons (Fsp3) is 0.714. The molecule has 68 valence electrons. The fourth-order valence-corrected chi connectivity index (χ4v) is 1.71. The molecule has 0 aliphatic carbocycles. The Bertz CT molecular complexity index is 299. The van der Waals surface area contributed by atoms with Crippen LogP contribution in [0, 0.1) is 0 Å². The van der Waals surface area contributed by atoms with Crippen molar-refractivity contribution in [3.05, 3.63) is 0 Å². The van der Waals surface area contributed by atoms with Gasteiger partial charge in [-0.05, 0) is 19.8 Å². The maximum absolute atomic E-state index is 11.1. The lowest BCUT2D eigenvalue weighted by atomic mass is 10.2. The Kier molecular flexibility index (Phi) is 2.86. The van der Waals surface area contributed by atoms with E-state index in [1.165, 1.54) is 0 Å². The number of carbonyl (C=O) groups is 1. The zero-order valence-corrected chi connectivity index (χ0v) is 7.67. The summed E-state index contributed by atoms with van der Waals surface area (Å²) >= 11 is 0. The lowest BCUT2D eigenvalue weighted by Gasteiger charge is -2.18. The van der Waals surface area contributed by atoms with Crippen molar-refractivity contribution in [3.8, 4) is 0 Å². The molecule has 1 atom stereocenters. The second kappa shape index (κ2) is 3.71. The molecule has 0 saturated carbocycles. The van der Waals surface area contributed by atoms with Gasteiger partial charge in [-0.2, -0.15) is 8.42 Å². The highest BCUT2D eigenvalue weighted by Gasteiger charge is 2.23. The molecule has 4 nitrogen and oxygen atoms in total. The molecule has 1 aliphatic rings. The highest BCUT2D eigenvalue weighted by molar-refractivity contribution is 7.73. The second-order valence-electron chi connectivity index (χ2n) is 2.90. The molecule has 0 aromatic heterocycles. The molecule has 0 aromatic carbocycles. The molecule has 12 heavy (non-hydrogen) atoms. The van der Waals surface area contributed by atoms with E-state index in [0.717, 1.165) is 18.2 Å². The molecule has 1 heterocycles. The van der Waals surface area contributed by atoms with Crippen molar-refractivity contribution in [2.75, 3.05) is 6.54 Å². The minimum Gasteiger partial charge on any atom is -0.336 e. The summed E-state index contributed by atoms with van der Waals surface area (Å²) in [7, 11) is -2.37. The predicted octanol–water partition coefficient (Wildman–Crippen LogP) is -0.321. The summed E-state index contributed by atoms with van der Waals surface area (Å²) in [6.07, 6.45) is 1.93. The maximum atomic E-state index is 11.1. The second-order valence-corrected chi connectivity index (χ2v) is 3.66. The average molecular weight is 189 g/mol. The molecule has 0 aromatic rings. The molecular formula is C7H11NO3S. The first-order valence-electron chi connectivity index (χ1n) is 3.85. The molecule has 1 rings (SSSR count). The molecule has 0 radical (unpaired) electrons. The lowest BCUT2D eigenvalue weighted by molar-refractivity contribution is -0.123. The van der Waals surface area contributed by atoms with Crippen LogP contribution in [0.1, 0.15) is 19.8 Å². The maximum Gasteiger partial charge on any atom is 0.262 e. The molecule has 1 fully saturated rings. The van der Waals surface area contributed by atoms with Gasteiger partial charge in [-0.1, -0.05) is 0 Å². The third-order valence-corrected chi connectivity index (χ3v) is 2.43. The SMILES string of the molecule is CC1CCCN1C(=O)C=S(=O)=O. The third kappa shape index (κ3) is 2.07. The van der Waals surface area contributed by atoms with Crippen LogP contribution in [-0.2, 0) is 15.1 Å². The van der Waals surface area contributed by atoms with Gasteiger partial charge < -0.3 is 4.90 Å². The van der Waals surface area contributed by atoms with Gasteiger partial charge in [-0.25, -0.2) is 0 Å². The van der Waals surface area contributed by atoms with E-state index < -0.39 is 16.2 Å². The Morgan fingerprint density at radius 2 is 2.25 bits per heavy atom. The largest absolute Gasteiger partial charge is 0.336 e. The van der Waals surface area contributed by atoms with Crippen molar-refractivity contribution < 1.29 is 13.2 Å². The fourth-order valence-electron chi connectivity index (χ4n) is 1.41. The van der Waals surface area contributed by atoms with Gasteiger partial charge in [0, 0.05) is 12.6 Å². The predicted molar refractivity (Wildman–Crippen MR) is 45.4 cm³/mol. The van der Waals surface area contributed by atoms with Gasteiger partial charge in [0.25, 0.3) is 5.91 Å². The molecule has 1 saturated heterocycles. The van der Waals surface area contributed by atoms with E-state index in [9.17, 15) is 13.2 Å². The van der Waals surface area contributed by atoms with E-state index in [-0.39, 0.29) is 6.04 Å². The molecular weight excluding hydrogens is 178 g/mol. The topological polar surface area (TPSA) is 54.5 Å². The van der Waals surface area contributed by atoms with Crippen molar-refractivity contribution in [3.63, 3.8) is 0 Å². The number of likely N-dealkylation sites (tertiary alicyclic amines) is 1. The Hall–Kier alpha value is -0.840. The van der Waals surface area contributed by atoms with Crippen LogP contribution in [0.2, 0.25) is 0 Å². The van der Waals surface area contributed by atoms with Crippen LogP contribution in [-0.4, -0.2) is 37.2 Å². The van der Waals surface area contributed by atoms with Crippen LogP contribution in [0.4, 0.5) is 0 Å². The van der Waals surface area contributed by atoms with Crippen LogP contribution in [0.25, 0.3) is 0 Å². The van der Waals surface area contributed by atoms with Gasteiger partial charge in [-0.3, -0.25) is 4.79 Å². The molecule has 0 N–H and O–H groups in total. The summed E-state index contributed by atoms with van der Waals surface area (Å²) in [5.41, 5.74) is 0. The first kappa shape index (κ1) is 9.25. The summed E-state index contributed by atoms with van der Waals surface area (Å²) in [4.78, 5) is 12.7. The van der Waals surface area contributed by atoms with Gasteiger partial charge >= 0.3 is 0 Å². The number of hydrogen-bond donors (Lipinski definition) is 0. The Morgan fingerprint density at radius 1 is 1.58 bits per heavy atom.